The zero-order valence-corrected chi connectivity index (χ0v) is 21.7. The molecule has 1 aliphatic heterocycles. The highest BCUT2D eigenvalue weighted by molar-refractivity contribution is 7.91. The Morgan fingerprint density at radius 1 is 1.32 bits per heavy atom. The molecule has 1 saturated heterocycles. The van der Waals surface area contributed by atoms with Crippen LogP contribution in [0.5, 0.6) is 5.88 Å². The van der Waals surface area contributed by atoms with Gasteiger partial charge in [-0.3, -0.25) is 9.48 Å². The van der Waals surface area contributed by atoms with Crippen LogP contribution in [0.2, 0.25) is 0 Å². The summed E-state index contributed by atoms with van der Waals surface area (Å²) in [7, 11) is -3.13. The smallest absolute Gasteiger partial charge is 0.410 e. The van der Waals surface area contributed by atoms with Crippen molar-refractivity contribution < 1.29 is 35.5 Å². The van der Waals surface area contributed by atoms with E-state index in [-0.39, 0.29) is 72.5 Å². The molecule has 1 aliphatic carbocycles. The summed E-state index contributed by atoms with van der Waals surface area (Å²) >= 11 is 0. The van der Waals surface area contributed by atoms with E-state index in [9.17, 15) is 30.8 Å². The number of fused-ring (bicyclic) bond motifs is 1. The molecule has 2 atom stereocenters. The first-order valence-electron chi connectivity index (χ1n) is 12.2. The van der Waals surface area contributed by atoms with Gasteiger partial charge in [0, 0.05) is 40.8 Å². The fourth-order valence-electron chi connectivity index (χ4n) is 4.88. The minimum absolute atomic E-state index is 0.00597. The molecule has 2 aromatic heterocycles. The number of rotatable bonds is 6. The largest absolute Gasteiger partial charge is 0.478 e. The molecule has 37 heavy (non-hydrogen) atoms. The van der Waals surface area contributed by atoms with Gasteiger partial charge in [0.2, 0.25) is 11.8 Å². The average molecular weight is 547 g/mol. The zero-order valence-electron chi connectivity index (χ0n) is 20.9. The highest BCUT2D eigenvalue weighted by Gasteiger charge is 2.43. The number of carbonyl (C=O) groups excluding carboxylic acids is 1. The number of carbonyl (C=O) groups is 1. The van der Waals surface area contributed by atoms with Gasteiger partial charge in [0.25, 0.3) is 0 Å². The predicted molar refractivity (Wildman–Crippen MR) is 127 cm³/mol. The molecule has 0 saturated carbocycles. The van der Waals surface area contributed by atoms with E-state index in [0.717, 1.165) is 17.8 Å². The topological polar surface area (TPSA) is 103 Å². The molecule has 4 rings (SSSR count). The average Bonchev–Trinajstić information content (AvgIpc) is 3.20. The lowest BCUT2D eigenvalue weighted by Gasteiger charge is -2.36. The van der Waals surface area contributed by atoms with Gasteiger partial charge in [-0.2, -0.15) is 18.3 Å². The Balaban J connectivity index is 1.67. The van der Waals surface area contributed by atoms with Crippen LogP contribution in [0.1, 0.15) is 57.3 Å². The predicted octanol–water partition coefficient (Wildman–Crippen LogP) is 3.79. The van der Waals surface area contributed by atoms with Crippen molar-refractivity contribution in [1.82, 2.24) is 20.1 Å². The Bertz CT molecular complexity index is 1280. The molecule has 1 N–H and O–H groups in total. The molecule has 0 radical (unpaired) electrons. The first-order valence-corrected chi connectivity index (χ1v) is 14.0. The molecule has 0 spiro atoms. The second-order valence-corrected chi connectivity index (χ2v) is 12.3. The third kappa shape index (κ3) is 5.75. The SMILES string of the molecule is CCOc1cc(-c2nn([C@H](C)C(F)(F)F)c3c2CC[C@@H](C(=O)NC2(C)CCS(=O)(=O)CC2)C3)c(F)cn1. The first-order chi connectivity index (χ1) is 17.2. The molecule has 1 fully saturated rings. The van der Waals surface area contributed by atoms with Crippen molar-refractivity contribution in [3.63, 3.8) is 0 Å². The third-order valence-electron chi connectivity index (χ3n) is 7.24. The van der Waals surface area contributed by atoms with Gasteiger partial charge < -0.3 is 10.1 Å². The van der Waals surface area contributed by atoms with Crippen molar-refractivity contribution >= 4 is 15.7 Å². The molecule has 2 aliphatic rings. The summed E-state index contributed by atoms with van der Waals surface area (Å²) in [4.78, 5) is 17.0. The van der Waals surface area contributed by atoms with Gasteiger partial charge in [-0.1, -0.05) is 0 Å². The van der Waals surface area contributed by atoms with Gasteiger partial charge in [-0.25, -0.2) is 17.8 Å². The minimum Gasteiger partial charge on any atom is -0.478 e. The van der Waals surface area contributed by atoms with Crippen LogP contribution in [0.4, 0.5) is 17.6 Å². The second-order valence-electron chi connectivity index (χ2n) is 10.0. The van der Waals surface area contributed by atoms with E-state index >= 15 is 0 Å². The molecule has 2 aromatic rings. The van der Waals surface area contributed by atoms with Gasteiger partial charge in [0.15, 0.2) is 5.82 Å². The zero-order chi connectivity index (χ0) is 27.2. The van der Waals surface area contributed by atoms with Crippen molar-refractivity contribution in [2.75, 3.05) is 18.1 Å². The minimum atomic E-state index is -4.61. The van der Waals surface area contributed by atoms with Crippen LogP contribution in [0.3, 0.4) is 0 Å². The van der Waals surface area contributed by atoms with Crippen LogP contribution in [0.15, 0.2) is 12.3 Å². The monoisotopic (exact) mass is 546 g/mol. The number of alkyl halides is 3. The number of pyridine rings is 1. The van der Waals surface area contributed by atoms with E-state index in [4.69, 9.17) is 4.74 Å². The van der Waals surface area contributed by atoms with E-state index in [1.54, 1.807) is 13.8 Å². The maximum absolute atomic E-state index is 14.8. The van der Waals surface area contributed by atoms with Crippen LogP contribution < -0.4 is 10.1 Å². The number of ether oxygens (including phenoxy) is 1. The van der Waals surface area contributed by atoms with Gasteiger partial charge >= 0.3 is 6.18 Å². The molecule has 0 unspecified atom stereocenters. The van der Waals surface area contributed by atoms with E-state index in [1.807, 2.05) is 0 Å². The van der Waals surface area contributed by atoms with Crippen molar-refractivity contribution in [1.29, 1.82) is 0 Å². The van der Waals surface area contributed by atoms with Gasteiger partial charge in [0.1, 0.15) is 15.9 Å². The lowest BCUT2D eigenvalue weighted by molar-refractivity contribution is -0.165. The summed E-state index contributed by atoms with van der Waals surface area (Å²) in [6.07, 6.45) is -2.56. The van der Waals surface area contributed by atoms with E-state index in [1.165, 1.54) is 6.07 Å². The van der Waals surface area contributed by atoms with Crippen LogP contribution >= 0.6 is 0 Å². The molecule has 0 bridgehead atoms. The number of halogens is 4. The number of nitrogens with one attached hydrogen (secondary N) is 1. The molecule has 1 amide bonds. The molecular formula is C24H30F4N4O4S. The van der Waals surface area contributed by atoms with Crippen molar-refractivity contribution in [2.45, 2.75) is 70.6 Å². The van der Waals surface area contributed by atoms with Crippen LogP contribution in [0.25, 0.3) is 11.3 Å². The Kier molecular flexibility index (Phi) is 7.30. The van der Waals surface area contributed by atoms with Crippen LogP contribution in [0, 0.1) is 11.7 Å². The number of hydrogen-bond acceptors (Lipinski definition) is 6. The van der Waals surface area contributed by atoms with Crippen molar-refractivity contribution in [3.05, 3.63) is 29.3 Å². The second kappa shape index (κ2) is 9.88. The Morgan fingerprint density at radius 3 is 2.62 bits per heavy atom. The standard InChI is InChI=1S/C24H30F4N4O4S/c1-4-36-20-12-17(18(25)13-29-20)21-16-6-5-15(11-19(16)32(31-21)14(2)24(26,27)28)22(33)30-23(3)7-9-37(34,35)10-8-23/h12-15H,4-11H2,1-3H3,(H,30,33)/t14-,15-/m1/s1. The number of hydrogen-bond donors (Lipinski definition) is 1. The van der Waals surface area contributed by atoms with Crippen molar-refractivity contribution in [2.24, 2.45) is 5.92 Å². The summed E-state index contributed by atoms with van der Waals surface area (Å²) in [6.45, 7) is 4.75. The maximum Gasteiger partial charge on any atom is 0.410 e. The lowest BCUT2D eigenvalue weighted by Crippen LogP contribution is -2.53. The van der Waals surface area contributed by atoms with E-state index in [2.05, 4.69) is 15.4 Å². The Labute approximate surface area is 212 Å². The molecule has 8 nitrogen and oxygen atoms in total. The summed E-state index contributed by atoms with van der Waals surface area (Å²) in [5, 5.41) is 7.15. The first kappa shape index (κ1) is 27.3. The summed E-state index contributed by atoms with van der Waals surface area (Å²) in [6, 6.07) is -0.671. The number of nitrogens with zero attached hydrogens (tertiary/aromatic N) is 3. The van der Waals surface area contributed by atoms with E-state index < -0.39 is 39.3 Å². The van der Waals surface area contributed by atoms with Crippen LogP contribution in [-0.2, 0) is 27.5 Å². The summed E-state index contributed by atoms with van der Waals surface area (Å²) in [5.41, 5.74) is 0.0553. The Hall–Kier alpha value is -2.70. The van der Waals surface area contributed by atoms with Gasteiger partial charge in [-0.15, -0.1) is 0 Å². The number of sulfone groups is 1. The highest BCUT2D eigenvalue weighted by atomic mass is 32.2. The van der Waals surface area contributed by atoms with Gasteiger partial charge in [-0.05, 0) is 46.5 Å². The summed E-state index contributed by atoms with van der Waals surface area (Å²) in [5.74, 6) is -1.64. The third-order valence-corrected chi connectivity index (χ3v) is 8.90. The number of amides is 1. The highest BCUT2D eigenvalue weighted by Crippen LogP contribution is 2.40. The molecule has 204 valence electrons. The van der Waals surface area contributed by atoms with Gasteiger partial charge in [0.05, 0.1) is 30.0 Å². The summed E-state index contributed by atoms with van der Waals surface area (Å²) < 4.78 is 85.8. The fraction of sp³-hybridized carbons (Fsp3) is 0.625. The fourth-order valence-corrected chi connectivity index (χ4v) is 6.60. The number of aromatic nitrogens is 3. The quantitative estimate of drug-likeness (QED) is 0.553. The van der Waals surface area contributed by atoms with Crippen LogP contribution in [-0.4, -0.2) is 58.9 Å². The molecule has 3 heterocycles. The lowest BCUT2D eigenvalue weighted by atomic mass is 9.84. The maximum atomic E-state index is 14.8. The Morgan fingerprint density at radius 2 is 2.00 bits per heavy atom. The molecule has 13 heteroatoms. The normalized spacial score (nSPS) is 21.6. The van der Waals surface area contributed by atoms with E-state index in [0.29, 0.717) is 12.0 Å². The van der Waals surface area contributed by atoms with Crippen molar-refractivity contribution in [3.8, 4) is 17.1 Å². The molecular weight excluding hydrogens is 516 g/mol. The molecule has 0 aromatic carbocycles.